The summed E-state index contributed by atoms with van der Waals surface area (Å²) in [7, 11) is -4.28. The summed E-state index contributed by atoms with van der Waals surface area (Å²) in [5, 5.41) is 5.41. The third-order valence-electron chi connectivity index (χ3n) is 4.27. The van der Waals surface area contributed by atoms with E-state index in [0.717, 1.165) is 10.0 Å². The Morgan fingerprint density at radius 2 is 1.66 bits per heavy atom. The molecule has 0 heterocycles. The fourth-order valence-corrected chi connectivity index (χ4v) is 4.40. The van der Waals surface area contributed by atoms with Gasteiger partial charge < -0.3 is 11.5 Å². The van der Waals surface area contributed by atoms with Crippen molar-refractivity contribution >= 4 is 49.7 Å². The van der Waals surface area contributed by atoms with Crippen molar-refractivity contribution in [3.05, 3.63) is 81.8 Å². The van der Waals surface area contributed by atoms with E-state index in [1.165, 1.54) is 0 Å². The number of anilines is 1. The molecule has 8 heteroatoms. The monoisotopic (exact) mass is 471 g/mol. The third-order valence-corrected chi connectivity index (χ3v) is 5.77. The highest BCUT2D eigenvalue weighted by Crippen LogP contribution is 2.36. The van der Waals surface area contributed by atoms with Gasteiger partial charge in [-0.15, -0.1) is 0 Å². The average Bonchev–Trinajstić information content (AvgIpc) is 2.66. The third kappa shape index (κ3) is 4.56. The SMILES string of the molecule is NC(=O)c1c(N)c(-c2ccccc2)cc(C=Cc2cccc(Br)c2)c1S(N)(=O)=O. The van der Waals surface area contributed by atoms with Gasteiger partial charge in [-0.2, -0.15) is 0 Å². The lowest BCUT2D eigenvalue weighted by atomic mass is 9.96. The van der Waals surface area contributed by atoms with Crippen LogP contribution in [0.3, 0.4) is 0 Å². The van der Waals surface area contributed by atoms with E-state index in [1.807, 2.05) is 42.5 Å². The van der Waals surface area contributed by atoms with Gasteiger partial charge in [-0.05, 0) is 34.9 Å². The number of carbonyl (C=O) groups is 1. The highest BCUT2D eigenvalue weighted by atomic mass is 79.9. The molecule has 0 unspecified atom stereocenters. The molecule has 0 fully saturated rings. The van der Waals surface area contributed by atoms with Crippen molar-refractivity contribution < 1.29 is 13.2 Å². The molecule has 0 spiro atoms. The summed E-state index contributed by atoms with van der Waals surface area (Å²) in [5.41, 5.74) is 13.5. The number of sulfonamides is 1. The Labute approximate surface area is 177 Å². The molecule has 3 aromatic carbocycles. The van der Waals surface area contributed by atoms with Crippen LogP contribution in [0.15, 0.2) is 70.0 Å². The van der Waals surface area contributed by atoms with Crippen LogP contribution >= 0.6 is 15.9 Å². The van der Waals surface area contributed by atoms with Crippen molar-refractivity contribution in [1.29, 1.82) is 0 Å². The van der Waals surface area contributed by atoms with Crippen molar-refractivity contribution in [1.82, 2.24) is 0 Å². The molecule has 0 bridgehead atoms. The fraction of sp³-hybridized carbons (Fsp3) is 0. The molecule has 0 aliphatic rings. The predicted molar refractivity (Wildman–Crippen MR) is 119 cm³/mol. The zero-order valence-electron chi connectivity index (χ0n) is 15.2. The van der Waals surface area contributed by atoms with Crippen LogP contribution in [0.25, 0.3) is 23.3 Å². The Kier molecular flexibility index (Phi) is 5.88. The number of benzene rings is 3. The first kappa shape index (κ1) is 20.8. The Hall–Kier alpha value is -2.94. The van der Waals surface area contributed by atoms with Gasteiger partial charge >= 0.3 is 0 Å². The van der Waals surface area contributed by atoms with E-state index in [4.69, 9.17) is 16.6 Å². The zero-order chi connectivity index (χ0) is 21.2. The molecule has 0 saturated heterocycles. The first-order chi connectivity index (χ1) is 13.7. The second kappa shape index (κ2) is 8.20. The number of rotatable bonds is 5. The highest BCUT2D eigenvalue weighted by Gasteiger charge is 2.26. The molecule has 0 saturated carbocycles. The second-order valence-electron chi connectivity index (χ2n) is 6.29. The molecule has 0 aromatic heterocycles. The molecule has 3 aromatic rings. The van der Waals surface area contributed by atoms with Gasteiger partial charge in [0.1, 0.15) is 4.90 Å². The van der Waals surface area contributed by atoms with E-state index in [9.17, 15) is 13.2 Å². The molecule has 0 aliphatic heterocycles. The number of nitrogens with two attached hydrogens (primary N) is 3. The first-order valence-corrected chi connectivity index (χ1v) is 10.8. The van der Waals surface area contributed by atoms with Crippen LogP contribution in [0.2, 0.25) is 0 Å². The Morgan fingerprint density at radius 1 is 0.966 bits per heavy atom. The summed E-state index contributed by atoms with van der Waals surface area (Å²) in [5.74, 6) is -0.971. The lowest BCUT2D eigenvalue weighted by Crippen LogP contribution is -2.23. The van der Waals surface area contributed by atoms with Crippen molar-refractivity contribution in [3.8, 4) is 11.1 Å². The van der Waals surface area contributed by atoms with Gasteiger partial charge in [0.25, 0.3) is 5.91 Å². The number of nitrogen functional groups attached to an aromatic ring is 1. The number of primary sulfonamides is 1. The molecule has 0 aliphatic carbocycles. The molecular weight excluding hydrogens is 454 g/mol. The van der Waals surface area contributed by atoms with Gasteiger partial charge in [0.2, 0.25) is 10.0 Å². The lowest BCUT2D eigenvalue weighted by Gasteiger charge is -2.16. The second-order valence-corrected chi connectivity index (χ2v) is 8.71. The number of primary amides is 1. The number of halogens is 1. The van der Waals surface area contributed by atoms with Gasteiger partial charge in [0, 0.05) is 10.0 Å². The smallest absolute Gasteiger partial charge is 0.252 e. The summed E-state index contributed by atoms with van der Waals surface area (Å²) in [6, 6.07) is 18.1. The standard InChI is InChI=1S/C21H18BrN3O3S/c22-16-8-4-5-13(11-16)9-10-15-12-17(14-6-2-1-3-7-14)19(23)18(21(24)26)20(15)29(25,27)28/h1-12H,23H2,(H2,24,26)(H2,25,27,28). The van der Waals surface area contributed by atoms with E-state index in [0.29, 0.717) is 11.1 Å². The van der Waals surface area contributed by atoms with Crippen molar-refractivity contribution in [2.75, 3.05) is 5.73 Å². The van der Waals surface area contributed by atoms with Gasteiger partial charge in [-0.1, -0.05) is 70.5 Å². The quantitative estimate of drug-likeness (QED) is 0.387. The Morgan fingerprint density at radius 3 is 2.24 bits per heavy atom. The van der Waals surface area contributed by atoms with Gasteiger partial charge in [0.15, 0.2) is 0 Å². The summed E-state index contributed by atoms with van der Waals surface area (Å²) < 4.78 is 25.5. The first-order valence-electron chi connectivity index (χ1n) is 8.46. The number of hydrogen-bond acceptors (Lipinski definition) is 4. The fourth-order valence-electron chi connectivity index (χ4n) is 3.03. The van der Waals surface area contributed by atoms with Crippen LogP contribution in [0.1, 0.15) is 21.5 Å². The highest BCUT2D eigenvalue weighted by molar-refractivity contribution is 9.10. The van der Waals surface area contributed by atoms with E-state index in [2.05, 4.69) is 15.9 Å². The van der Waals surface area contributed by atoms with Crippen LogP contribution in [-0.4, -0.2) is 14.3 Å². The van der Waals surface area contributed by atoms with Crippen molar-refractivity contribution in [2.45, 2.75) is 4.90 Å². The Bertz CT molecular complexity index is 1220. The molecule has 6 N–H and O–H groups in total. The maximum Gasteiger partial charge on any atom is 0.252 e. The van der Waals surface area contributed by atoms with Crippen LogP contribution in [0.4, 0.5) is 5.69 Å². The van der Waals surface area contributed by atoms with Crippen molar-refractivity contribution in [3.63, 3.8) is 0 Å². The topological polar surface area (TPSA) is 129 Å². The largest absolute Gasteiger partial charge is 0.398 e. The zero-order valence-corrected chi connectivity index (χ0v) is 17.6. The maximum absolute atomic E-state index is 12.3. The maximum atomic E-state index is 12.3. The van der Waals surface area contributed by atoms with Crippen LogP contribution in [0, 0.1) is 0 Å². The predicted octanol–water partition coefficient (Wildman–Crippen LogP) is 3.62. The van der Waals surface area contributed by atoms with E-state index in [1.54, 1.807) is 30.4 Å². The summed E-state index contributed by atoms with van der Waals surface area (Å²) >= 11 is 3.39. The minimum atomic E-state index is -4.28. The molecule has 148 valence electrons. The molecule has 1 amide bonds. The normalized spacial score (nSPS) is 11.7. The van der Waals surface area contributed by atoms with Crippen LogP contribution in [-0.2, 0) is 10.0 Å². The number of amides is 1. The van der Waals surface area contributed by atoms with Gasteiger partial charge in [0.05, 0.1) is 11.3 Å². The summed E-state index contributed by atoms with van der Waals surface area (Å²) in [6.45, 7) is 0. The summed E-state index contributed by atoms with van der Waals surface area (Å²) in [4.78, 5) is 11.7. The Balaban J connectivity index is 2.33. The van der Waals surface area contributed by atoms with Gasteiger partial charge in [-0.25, -0.2) is 13.6 Å². The molecule has 0 radical (unpaired) electrons. The van der Waals surface area contributed by atoms with Crippen molar-refractivity contribution in [2.24, 2.45) is 10.9 Å². The molecule has 29 heavy (non-hydrogen) atoms. The number of carbonyl (C=O) groups excluding carboxylic acids is 1. The van der Waals surface area contributed by atoms with Gasteiger partial charge in [-0.3, -0.25) is 4.79 Å². The lowest BCUT2D eigenvalue weighted by molar-refractivity contribution is 0.0998. The van der Waals surface area contributed by atoms with E-state index in [-0.39, 0.29) is 16.8 Å². The molecular formula is C21H18BrN3O3S. The minimum Gasteiger partial charge on any atom is -0.398 e. The van der Waals surface area contributed by atoms with E-state index < -0.39 is 20.8 Å². The molecule has 3 rings (SSSR count). The van der Waals surface area contributed by atoms with E-state index >= 15 is 0 Å². The molecule has 6 nitrogen and oxygen atoms in total. The van der Waals surface area contributed by atoms with Crippen LogP contribution in [0.5, 0.6) is 0 Å². The summed E-state index contributed by atoms with van der Waals surface area (Å²) in [6.07, 6.45) is 3.28. The minimum absolute atomic E-state index is 0.0349. The average molecular weight is 472 g/mol. The molecule has 0 atom stereocenters. The number of hydrogen-bond donors (Lipinski definition) is 3. The van der Waals surface area contributed by atoms with Crippen LogP contribution < -0.4 is 16.6 Å².